The zero-order valence-electron chi connectivity index (χ0n) is 7.58. The van der Waals surface area contributed by atoms with Crippen LogP contribution in [-0.2, 0) is 6.42 Å². The van der Waals surface area contributed by atoms with Gasteiger partial charge < -0.3 is 5.73 Å². The number of hydrogen-bond acceptors (Lipinski definition) is 3. The average Bonchev–Trinajstić information content (AvgIpc) is 2.02. The van der Waals surface area contributed by atoms with Crippen LogP contribution in [0.25, 0.3) is 0 Å². The molecule has 1 aromatic rings. The van der Waals surface area contributed by atoms with Gasteiger partial charge in [0.15, 0.2) is 5.78 Å². The molecule has 0 saturated carbocycles. The summed E-state index contributed by atoms with van der Waals surface area (Å²) in [6.45, 7) is 2.06. The number of rotatable bonds is 0. The summed E-state index contributed by atoms with van der Waals surface area (Å²) in [7, 11) is 0. The number of ketones is 1. The van der Waals surface area contributed by atoms with Crippen molar-refractivity contribution < 1.29 is 4.79 Å². The molecule has 1 aliphatic rings. The first-order valence-corrected chi connectivity index (χ1v) is 4.45. The van der Waals surface area contributed by atoms with E-state index in [1.54, 1.807) is 12.1 Å². The lowest BCUT2D eigenvalue weighted by Gasteiger charge is -2.19. The number of aromatic nitrogens is 1. The molecule has 0 fully saturated rings. The Hall–Kier alpha value is -1.38. The Labute approximate surface area is 77.0 Å². The number of carbonyl (C=O) groups is 1. The van der Waals surface area contributed by atoms with Gasteiger partial charge in [-0.15, -0.1) is 0 Å². The molecule has 2 rings (SSSR count). The van der Waals surface area contributed by atoms with Gasteiger partial charge in [-0.1, -0.05) is 6.92 Å². The number of pyridine rings is 1. The number of nitrogens with two attached hydrogens (primary N) is 1. The summed E-state index contributed by atoms with van der Waals surface area (Å²) in [5.74, 6) is 1.09. The van der Waals surface area contributed by atoms with Crippen molar-refractivity contribution in [2.75, 3.05) is 5.73 Å². The highest BCUT2D eigenvalue weighted by atomic mass is 16.1. The Morgan fingerprint density at radius 2 is 2.23 bits per heavy atom. The van der Waals surface area contributed by atoms with Gasteiger partial charge in [0.1, 0.15) is 5.82 Å². The van der Waals surface area contributed by atoms with Crippen molar-refractivity contribution in [2.24, 2.45) is 5.92 Å². The van der Waals surface area contributed by atoms with Gasteiger partial charge in [0.05, 0.1) is 5.69 Å². The number of nitrogen functional groups attached to an aromatic ring is 1. The third-order valence-electron chi connectivity index (χ3n) is 2.37. The maximum atomic E-state index is 11.5. The molecule has 68 valence electrons. The fourth-order valence-corrected chi connectivity index (χ4v) is 1.76. The maximum absolute atomic E-state index is 11.5. The number of carbonyl (C=O) groups excluding carboxylic acids is 1. The monoisotopic (exact) mass is 176 g/mol. The van der Waals surface area contributed by atoms with Crippen LogP contribution in [0, 0.1) is 5.92 Å². The van der Waals surface area contributed by atoms with Crippen molar-refractivity contribution >= 4 is 11.6 Å². The number of fused-ring (bicyclic) bond motifs is 1. The summed E-state index contributed by atoms with van der Waals surface area (Å²) in [6, 6.07) is 3.47. The van der Waals surface area contributed by atoms with Crippen molar-refractivity contribution in [2.45, 2.75) is 19.8 Å². The molecule has 0 radical (unpaired) electrons. The molecule has 0 bridgehead atoms. The van der Waals surface area contributed by atoms with Crippen LogP contribution in [-0.4, -0.2) is 10.8 Å². The molecule has 0 aromatic carbocycles. The van der Waals surface area contributed by atoms with Crippen LogP contribution < -0.4 is 5.73 Å². The molecule has 2 N–H and O–H groups in total. The minimum Gasteiger partial charge on any atom is -0.384 e. The normalized spacial score (nSPS) is 21.3. The Bertz CT molecular complexity index is 360. The Balaban J connectivity index is 2.49. The van der Waals surface area contributed by atoms with Crippen molar-refractivity contribution in [1.82, 2.24) is 4.98 Å². The Morgan fingerprint density at radius 1 is 1.46 bits per heavy atom. The first-order valence-electron chi connectivity index (χ1n) is 4.45. The zero-order chi connectivity index (χ0) is 9.42. The lowest BCUT2D eigenvalue weighted by Crippen LogP contribution is -2.19. The van der Waals surface area contributed by atoms with E-state index in [1.165, 1.54) is 0 Å². The summed E-state index contributed by atoms with van der Waals surface area (Å²) >= 11 is 0. The second-order valence-electron chi connectivity index (χ2n) is 3.67. The SMILES string of the molecule is CC1CC(=O)c2ccc(N)nc2C1. The molecular formula is C10H12N2O. The van der Waals surface area contributed by atoms with Gasteiger partial charge in [-0.05, 0) is 24.5 Å². The molecule has 1 unspecified atom stereocenters. The molecule has 13 heavy (non-hydrogen) atoms. The Morgan fingerprint density at radius 3 is 3.00 bits per heavy atom. The molecule has 1 aliphatic carbocycles. The van der Waals surface area contributed by atoms with Gasteiger partial charge in [-0.25, -0.2) is 4.98 Å². The number of Topliss-reactive ketones (excluding diaryl/α,β-unsaturated/α-hetero) is 1. The van der Waals surface area contributed by atoms with Gasteiger partial charge >= 0.3 is 0 Å². The van der Waals surface area contributed by atoms with Crippen LogP contribution in [0.15, 0.2) is 12.1 Å². The van der Waals surface area contributed by atoms with E-state index in [4.69, 9.17) is 5.73 Å². The van der Waals surface area contributed by atoms with E-state index in [2.05, 4.69) is 11.9 Å². The van der Waals surface area contributed by atoms with Crippen LogP contribution in [0.3, 0.4) is 0 Å². The largest absolute Gasteiger partial charge is 0.384 e. The van der Waals surface area contributed by atoms with E-state index in [9.17, 15) is 4.79 Å². The lowest BCUT2D eigenvalue weighted by atomic mass is 9.87. The highest BCUT2D eigenvalue weighted by Crippen LogP contribution is 2.24. The van der Waals surface area contributed by atoms with E-state index in [-0.39, 0.29) is 5.78 Å². The second kappa shape index (κ2) is 2.83. The van der Waals surface area contributed by atoms with E-state index < -0.39 is 0 Å². The fraction of sp³-hybridized carbons (Fsp3) is 0.400. The first kappa shape index (κ1) is 8.23. The van der Waals surface area contributed by atoms with E-state index >= 15 is 0 Å². The van der Waals surface area contributed by atoms with Crippen molar-refractivity contribution in [3.63, 3.8) is 0 Å². The van der Waals surface area contributed by atoms with Crippen LogP contribution >= 0.6 is 0 Å². The van der Waals surface area contributed by atoms with Crippen LogP contribution in [0.2, 0.25) is 0 Å². The smallest absolute Gasteiger partial charge is 0.164 e. The minimum atomic E-state index is 0.196. The third kappa shape index (κ3) is 1.41. The predicted molar refractivity (Wildman–Crippen MR) is 50.5 cm³/mol. The van der Waals surface area contributed by atoms with E-state index in [0.717, 1.165) is 17.7 Å². The second-order valence-corrected chi connectivity index (χ2v) is 3.67. The van der Waals surface area contributed by atoms with Crippen LogP contribution in [0.4, 0.5) is 5.82 Å². The van der Waals surface area contributed by atoms with Crippen molar-refractivity contribution in [3.05, 3.63) is 23.4 Å². The predicted octanol–water partition coefficient (Wildman–Crippen LogP) is 1.43. The molecule has 0 saturated heterocycles. The topological polar surface area (TPSA) is 56.0 Å². The molecule has 0 aliphatic heterocycles. The fourth-order valence-electron chi connectivity index (χ4n) is 1.76. The summed E-state index contributed by atoms with van der Waals surface area (Å²) in [6.07, 6.45) is 1.50. The number of nitrogens with zero attached hydrogens (tertiary/aromatic N) is 1. The van der Waals surface area contributed by atoms with Crippen molar-refractivity contribution in [3.8, 4) is 0 Å². The summed E-state index contributed by atoms with van der Waals surface area (Å²) in [4.78, 5) is 15.7. The number of hydrogen-bond donors (Lipinski definition) is 1. The molecule has 1 aromatic heterocycles. The van der Waals surface area contributed by atoms with E-state index in [0.29, 0.717) is 18.2 Å². The lowest BCUT2D eigenvalue weighted by molar-refractivity contribution is 0.0952. The summed E-state index contributed by atoms with van der Waals surface area (Å²) < 4.78 is 0. The van der Waals surface area contributed by atoms with Crippen molar-refractivity contribution in [1.29, 1.82) is 0 Å². The van der Waals surface area contributed by atoms with Gasteiger partial charge in [0.2, 0.25) is 0 Å². The summed E-state index contributed by atoms with van der Waals surface area (Å²) in [5, 5.41) is 0. The molecule has 1 atom stereocenters. The number of anilines is 1. The highest BCUT2D eigenvalue weighted by Gasteiger charge is 2.22. The maximum Gasteiger partial charge on any atom is 0.164 e. The van der Waals surface area contributed by atoms with Gasteiger partial charge in [0.25, 0.3) is 0 Å². The quantitative estimate of drug-likeness (QED) is 0.650. The molecule has 0 amide bonds. The standard InChI is InChI=1S/C10H12N2O/c1-6-4-8-7(9(13)5-6)2-3-10(11)12-8/h2-3,6H,4-5H2,1H3,(H2,11,12). The van der Waals surface area contributed by atoms with E-state index in [1.807, 2.05) is 0 Å². The minimum absolute atomic E-state index is 0.196. The molecule has 0 spiro atoms. The van der Waals surface area contributed by atoms with Crippen LogP contribution in [0.1, 0.15) is 29.4 Å². The average molecular weight is 176 g/mol. The highest BCUT2D eigenvalue weighted by molar-refractivity contribution is 5.98. The molecule has 3 nitrogen and oxygen atoms in total. The molecule has 1 heterocycles. The first-order chi connectivity index (χ1) is 6.16. The summed E-state index contributed by atoms with van der Waals surface area (Å²) in [5.41, 5.74) is 7.17. The van der Waals surface area contributed by atoms with Gasteiger partial charge in [-0.3, -0.25) is 4.79 Å². The molecular weight excluding hydrogens is 164 g/mol. The molecule has 3 heteroatoms. The van der Waals surface area contributed by atoms with Crippen LogP contribution in [0.5, 0.6) is 0 Å². The Kier molecular flexibility index (Phi) is 1.79. The van der Waals surface area contributed by atoms with Gasteiger partial charge in [-0.2, -0.15) is 0 Å². The van der Waals surface area contributed by atoms with Gasteiger partial charge in [0, 0.05) is 12.0 Å². The zero-order valence-corrected chi connectivity index (χ0v) is 7.58. The third-order valence-corrected chi connectivity index (χ3v) is 2.37.